The van der Waals surface area contributed by atoms with Gasteiger partial charge in [0.1, 0.15) is 17.5 Å². The molecule has 0 aliphatic heterocycles. The van der Waals surface area contributed by atoms with E-state index in [1.165, 1.54) is 31.2 Å². The van der Waals surface area contributed by atoms with Gasteiger partial charge < -0.3 is 20.3 Å². The van der Waals surface area contributed by atoms with Crippen molar-refractivity contribution in [3.63, 3.8) is 0 Å². The summed E-state index contributed by atoms with van der Waals surface area (Å²) in [5, 5.41) is 3.65. The average Bonchev–Trinajstić information content (AvgIpc) is 3.64. The summed E-state index contributed by atoms with van der Waals surface area (Å²) in [5.74, 6) is 2.99. The van der Waals surface area contributed by atoms with Crippen LogP contribution in [-0.2, 0) is 19.5 Å². The highest BCUT2D eigenvalue weighted by molar-refractivity contribution is 5.75. The lowest BCUT2D eigenvalue weighted by atomic mass is 10.1. The number of fused-ring (bicyclic) bond motifs is 1. The van der Waals surface area contributed by atoms with Crippen molar-refractivity contribution in [3.05, 3.63) is 66.0 Å². The fourth-order valence-corrected chi connectivity index (χ4v) is 4.63. The van der Waals surface area contributed by atoms with Crippen molar-refractivity contribution in [1.82, 2.24) is 40.1 Å². The second-order valence-corrected chi connectivity index (χ2v) is 9.43. The SMILES string of the molecule is CCCNC(CC)CCCCc1nc2ccc(CN(Cc3ncc[nH]3)C(C)c3ncc[nH]3)cc2[nH]1. The van der Waals surface area contributed by atoms with Crippen LogP contribution in [0.5, 0.6) is 0 Å². The van der Waals surface area contributed by atoms with Crippen LogP contribution < -0.4 is 5.32 Å². The minimum atomic E-state index is 0.127. The number of hydrogen-bond donors (Lipinski definition) is 4. The molecule has 4 rings (SSSR count). The topological polar surface area (TPSA) is 101 Å². The molecule has 8 heteroatoms. The lowest BCUT2D eigenvalue weighted by Crippen LogP contribution is -2.28. The third kappa shape index (κ3) is 7.02. The zero-order valence-electron chi connectivity index (χ0n) is 21.3. The van der Waals surface area contributed by atoms with Crippen LogP contribution in [0, 0.1) is 0 Å². The summed E-state index contributed by atoms with van der Waals surface area (Å²) in [6, 6.07) is 7.32. The molecule has 188 valence electrons. The predicted octanol–water partition coefficient (Wildman–Crippen LogP) is 5.26. The number of aromatic amines is 3. The molecule has 0 spiro atoms. The Morgan fingerprint density at radius 3 is 2.60 bits per heavy atom. The Morgan fingerprint density at radius 2 is 1.86 bits per heavy atom. The van der Waals surface area contributed by atoms with E-state index in [2.05, 4.69) is 74.1 Å². The minimum absolute atomic E-state index is 0.127. The number of unbranched alkanes of at least 4 members (excludes halogenated alkanes) is 1. The van der Waals surface area contributed by atoms with Gasteiger partial charge in [0.2, 0.25) is 0 Å². The third-order valence-corrected chi connectivity index (χ3v) is 6.74. The highest BCUT2D eigenvalue weighted by Crippen LogP contribution is 2.23. The van der Waals surface area contributed by atoms with Crippen LogP contribution in [0.15, 0.2) is 43.0 Å². The molecule has 0 radical (unpaired) electrons. The average molecular weight is 477 g/mol. The van der Waals surface area contributed by atoms with Crippen LogP contribution in [0.25, 0.3) is 11.0 Å². The van der Waals surface area contributed by atoms with Gasteiger partial charge >= 0.3 is 0 Å². The molecule has 0 bridgehead atoms. The Hall–Kier alpha value is -2.97. The number of nitrogens with one attached hydrogen (secondary N) is 4. The van der Waals surface area contributed by atoms with Crippen molar-refractivity contribution < 1.29 is 0 Å². The molecule has 3 heterocycles. The number of hydrogen-bond acceptors (Lipinski definition) is 5. The minimum Gasteiger partial charge on any atom is -0.348 e. The van der Waals surface area contributed by atoms with E-state index in [1.54, 1.807) is 12.4 Å². The monoisotopic (exact) mass is 476 g/mol. The molecule has 0 saturated carbocycles. The largest absolute Gasteiger partial charge is 0.348 e. The molecule has 0 amide bonds. The molecule has 4 aromatic rings. The Kier molecular flexibility index (Phi) is 9.08. The predicted molar refractivity (Wildman–Crippen MR) is 141 cm³/mol. The standard InChI is InChI=1S/C27H40N8/c1-4-12-28-22(5-2)8-6-7-9-25-33-23-11-10-21(17-24(23)34-25)18-35(19-26-29-13-14-30-26)20(3)27-31-15-16-32-27/h10-11,13-17,20,22,28H,4-9,12,18-19H2,1-3H3,(H,29,30)(H,31,32)(H,33,34). The van der Waals surface area contributed by atoms with Gasteiger partial charge in [0.15, 0.2) is 0 Å². The van der Waals surface area contributed by atoms with Crippen molar-refractivity contribution in [3.8, 4) is 0 Å². The van der Waals surface area contributed by atoms with E-state index in [1.807, 2.05) is 12.4 Å². The van der Waals surface area contributed by atoms with Crippen molar-refractivity contribution in [1.29, 1.82) is 0 Å². The molecule has 8 nitrogen and oxygen atoms in total. The van der Waals surface area contributed by atoms with Gasteiger partial charge in [-0.3, -0.25) is 4.90 Å². The number of aromatic nitrogens is 6. The normalized spacial score (nSPS) is 13.6. The molecule has 0 saturated heterocycles. The van der Waals surface area contributed by atoms with Crippen LogP contribution >= 0.6 is 0 Å². The summed E-state index contributed by atoms with van der Waals surface area (Å²) in [7, 11) is 0. The second kappa shape index (κ2) is 12.7. The van der Waals surface area contributed by atoms with Gasteiger partial charge in [0.05, 0.1) is 23.6 Å². The quantitative estimate of drug-likeness (QED) is 0.175. The maximum Gasteiger partial charge on any atom is 0.123 e. The van der Waals surface area contributed by atoms with Crippen molar-refractivity contribution in [2.24, 2.45) is 0 Å². The van der Waals surface area contributed by atoms with Crippen molar-refractivity contribution in [2.45, 2.75) is 84.5 Å². The number of nitrogens with zero attached hydrogens (tertiary/aromatic N) is 4. The number of benzene rings is 1. The van der Waals surface area contributed by atoms with Crippen LogP contribution in [0.3, 0.4) is 0 Å². The summed E-state index contributed by atoms with van der Waals surface area (Å²) in [6.45, 7) is 9.29. The van der Waals surface area contributed by atoms with Crippen LogP contribution in [-0.4, -0.2) is 47.4 Å². The van der Waals surface area contributed by atoms with E-state index < -0.39 is 0 Å². The fourth-order valence-electron chi connectivity index (χ4n) is 4.63. The first-order valence-corrected chi connectivity index (χ1v) is 13.1. The molecule has 3 aromatic heterocycles. The first-order valence-electron chi connectivity index (χ1n) is 13.1. The maximum absolute atomic E-state index is 4.84. The molecular weight excluding hydrogens is 436 g/mol. The first-order chi connectivity index (χ1) is 17.2. The van der Waals surface area contributed by atoms with Gasteiger partial charge in [-0.1, -0.05) is 26.3 Å². The van der Waals surface area contributed by atoms with E-state index in [0.717, 1.165) is 54.4 Å². The molecule has 2 atom stereocenters. The zero-order valence-corrected chi connectivity index (χ0v) is 21.3. The first kappa shape index (κ1) is 25.1. The zero-order chi connectivity index (χ0) is 24.5. The smallest absolute Gasteiger partial charge is 0.123 e. The van der Waals surface area contributed by atoms with E-state index >= 15 is 0 Å². The van der Waals surface area contributed by atoms with E-state index in [0.29, 0.717) is 12.6 Å². The maximum atomic E-state index is 4.84. The van der Waals surface area contributed by atoms with Crippen LogP contribution in [0.1, 0.15) is 82.0 Å². The molecular formula is C27H40N8. The molecule has 4 N–H and O–H groups in total. The summed E-state index contributed by atoms with van der Waals surface area (Å²) >= 11 is 0. The van der Waals surface area contributed by atoms with E-state index in [-0.39, 0.29) is 6.04 Å². The van der Waals surface area contributed by atoms with Gasteiger partial charge in [-0.2, -0.15) is 0 Å². The summed E-state index contributed by atoms with van der Waals surface area (Å²) < 4.78 is 0. The van der Waals surface area contributed by atoms with Crippen LogP contribution in [0.4, 0.5) is 0 Å². The third-order valence-electron chi connectivity index (χ3n) is 6.74. The van der Waals surface area contributed by atoms with Crippen molar-refractivity contribution >= 4 is 11.0 Å². The lowest BCUT2D eigenvalue weighted by Gasteiger charge is -2.27. The Bertz CT molecular complexity index is 1120. The Balaban J connectivity index is 1.38. The summed E-state index contributed by atoms with van der Waals surface area (Å²) in [4.78, 5) is 26.2. The highest BCUT2D eigenvalue weighted by atomic mass is 15.2. The van der Waals surface area contributed by atoms with Gasteiger partial charge in [-0.25, -0.2) is 15.0 Å². The van der Waals surface area contributed by atoms with Gasteiger partial charge in [-0.15, -0.1) is 0 Å². The molecule has 1 aromatic carbocycles. The molecule has 0 fully saturated rings. The van der Waals surface area contributed by atoms with Gasteiger partial charge in [0.25, 0.3) is 0 Å². The number of aryl methyl sites for hydroxylation is 1. The molecule has 0 aliphatic rings. The molecule has 35 heavy (non-hydrogen) atoms. The van der Waals surface area contributed by atoms with Crippen LogP contribution in [0.2, 0.25) is 0 Å². The number of rotatable bonds is 15. The van der Waals surface area contributed by atoms with E-state index in [9.17, 15) is 0 Å². The number of imidazole rings is 3. The number of H-pyrrole nitrogens is 3. The fraction of sp³-hybridized carbons (Fsp3) is 0.519. The summed E-state index contributed by atoms with van der Waals surface area (Å²) in [6.07, 6.45) is 14.4. The lowest BCUT2D eigenvalue weighted by molar-refractivity contribution is 0.181. The Morgan fingerprint density at radius 1 is 1.00 bits per heavy atom. The molecule has 2 unspecified atom stereocenters. The Labute approximate surface area is 208 Å². The van der Waals surface area contributed by atoms with Crippen molar-refractivity contribution in [2.75, 3.05) is 6.54 Å². The highest BCUT2D eigenvalue weighted by Gasteiger charge is 2.20. The second-order valence-electron chi connectivity index (χ2n) is 9.43. The summed E-state index contributed by atoms with van der Waals surface area (Å²) in [5.41, 5.74) is 3.39. The molecule has 0 aliphatic carbocycles. The van der Waals surface area contributed by atoms with Gasteiger partial charge in [0, 0.05) is 43.8 Å². The van der Waals surface area contributed by atoms with Gasteiger partial charge in [-0.05, 0) is 56.8 Å². The van der Waals surface area contributed by atoms with E-state index in [4.69, 9.17) is 4.98 Å².